The Bertz CT molecular complexity index is 587. The van der Waals surface area contributed by atoms with Gasteiger partial charge in [0.2, 0.25) is 5.91 Å². The summed E-state index contributed by atoms with van der Waals surface area (Å²) in [5.41, 5.74) is 0.872. The maximum atomic E-state index is 11.9. The van der Waals surface area contributed by atoms with Crippen LogP contribution in [0.1, 0.15) is 18.0 Å². The largest absolute Gasteiger partial charge is 0.493 e. The van der Waals surface area contributed by atoms with Gasteiger partial charge >= 0.3 is 0 Å². The van der Waals surface area contributed by atoms with Crippen LogP contribution in [0.4, 0.5) is 0 Å². The van der Waals surface area contributed by atoms with Crippen LogP contribution < -0.4 is 10.1 Å². The zero-order valence-electron chi connectivity index (χ0n) is 12.0. The molecule has 116 valence electrons. The lowest BCUT2D eigenvalue weighted by atomic mass is 10.1. The minimum Gasteiger partial charge on any atom is -0.493 e. The third kappa shape index (κ3) is 5.06. The average Bonchev–Trinajstić information content (AvgIpc) is 2.55. The van der Waals surface area contributed by atoms with Gasteiger partial charge in [-0.05, 0) is 29.8 Å². The summed E-state index contributed by atoms with van der Waals surface area (Å²) in [6, 6.07) is 15.9. The van der Waals surface area contributed by atoms with Crippen LogP contribution in [0.3, 0.4) is 0 Å². The van der Waals surface area contributed by atoms with Crippen molar-refractivity contribution in [1.29, 1.82) is 0 Å². The molecule has 0 heterocycles. The van der Waals surface area contributed by atoms with Gasteiger partial charge in [0, 0.05) is 5.02 Å². The molecule has 1 unspecified atom stereocenters. The van der Waals surface area contributed by atoms with E-state index in [9.17, 15) is 9.90 Å². The number of amides is 1. The molecule has 2 aromatic carbocycles. The number of carbonyl (C=O) groups excluding carboxylic acids is 1. The molecule has 0 radical (unpaired) electrons. The molecule has 1 amide bonds. The number of aliphatic hydroxyl groups is 1. The number of rotatable bonds is 7. The Hall–Kier alpha value is -2.04. The second-order valence-corrected chi connectivity index (χ2v) is 5.20. The third-order valence-electron chi connectivity index (χ3n) is 3.13. The number of aliphatic hydroxyl groups excluding tert-OH is 1. The van der Waals surface area contributed by atoms with E-state index >= 15 is 0 Å². The molecule has 0 aliphatic carbocycles. The Morgan fingerprint density at radius 1 is 1.14 bits per heavy atom. The first-order valence-electron chi connectivity index (χ1n) is 7.02. The zero-order chi connectivity index (χ0) is 15.8. The number of hydrogen-bond donors (Lipinski definition) is 2. The van der Waals surface area contributed by atoms with Gasteiger partial charge in [-0.15, -0.1) is 0 Å². The van der Waals surface area contributed by atoms with Crippen LogP contribution in [0.15, 0.2) is 54.6 Å². The molecular weight excluding hydrogens is 302 g/mol. The van der Waals surface area contributed by atoms with Crippen LogP contribution in [0.5, 0.6) is 5.75 Å². The first kappa shape index (κ1) is 16.3. The van der Waals surface area contributed by atoms with E-state index in [4.69, 9.17) is 16.3 Å². The standard InChI is InChI=1S/C17H18ClNO3/c18-14-6-8-15(9-7-14)22-11-10-17(21)19-16(12-20)13-4-2-1-3-5-13/h1-9,16,20H,10-12H2,(H,19,21). The summed E-state index contributed by atoms with van der Waals surface area (Å²) in [4.78, 5) is 11.9. The summed E-state index contributed by atoms with van der Waals surface area (Å²) in [6.45, 7) is 0.119. The second-order valence-electron chi connectivity index (χ2n) is 4.77. The number of nitrogens with one attached hydrogen (secondary N) is 1. The van der Waals surface area contributed by atoms with Crippen LogP contribution in [0.2, 0.25) is 5.02 Å². The van der Waals surface area contributed by atoms with Crippen LogP contribution in [0, 0.1) is 0 Å². The van der Waals surface area contributed by atoms with Crippen LogP contribution >= 0.6 is 11.6 Å². The van der Waals surface area contributed by atoms with E-state index in [1.807, 2.05) is 30.3 Å². The predicted molar refractivity (Wildman–Crippen MR) is 86.0 cm³/mol. The second kappa shape index (κ2) is 8.41. The first-order chi connectivity index (χ1) is 10.7. The Labute approximate surface area is 134 Å². The number of benzene rings is 2. The fourth-order valence-corrected chi connectivity index (χ4v) is 2.10. The Balaban J connectivity index is 1.78. The SMILES string of the molecule is O=C(CCOc1ccc(Cl)cc1)NC(CO)c1ccccc1. The van der Waals surface area contributed by atoms with E-state index in [1.54, 1.807) is 24.3 Å². The fraction of sp³-hybridized carbons (Fsp3) is 0.235. The summed E-state index contributed by atoms with van der Waals surface area (Å²) in [7, 11) is 0. The summed E-state index contributed by atoms with van der Waals surface area (Å²) >= 11 is 5.78. The molecule has 5 heteroatoms. The quantitative estimate of drug-likeness (QED) is 0.825. The predicted octanol–water partition coefficient (Wildman–Crippen LogP) is 2.96. The minimum atomic E-state index is -0.399. The van der Waals surface area contributed by atoms with E-state index in [0.29, 0.717) is 10.8 Å². The van der Waals surface area contributed by atoms with Gasteiger partial charge in [-0.25, -0.2) is 0 Å². The fourth-order valence-electron chi connectivity index (χ4n) is 1.98. The lowest BCUT2D eigenvalue weighted by molar-refractivity contribution is -0.122. The first-order valence-corrected chi connectivity index (χ1v) is 7.40. The molecule has 0 fully saturated rings. The molecule has 0 saturated carbocycles. The Morgan fingerprint density at radius 3 is 2.45 bits per heavy atom. The highest BCUT2D eigenvalue weighted by Gasteiger charge is 2.13. The highest BCUT2D eigenvalue weighted by atomic mass is 35.5. The van der Waals surface area contributed by atoms with E-state index in [1.165, 1.54) is 0 Å². The van der Waals surface area contributed by atoms with Crippen molar-refractivity contribution in [2.24, 2.45) is 0 Å². The number of hydrogen-bond acceptors (Lipinski definition) is 3. The van der Waals surface area contributed by atoms with Gasteiger partial charge in [0.15, 0.2) is 0 Å². The van der Waals surface area contributed by atoms with Gasteiger partial charge in [0.05, 0.1) is 25.7 Å². The van der Waals surface area contributed by atoms with Crippen LogP contribution in [-0.4, -0.2) is 24.2 Å². The van der Waals surface area contributed by atoms with Gasteiger partial charge < -0.3 is 15.2 Å². The lowest BCUT2D eigenvalue weighted by Gasteiger charge is -2.16. The molecule has 22 heavy (non-hydrogen) atoms. The Kier molecular flexibility index (Phi) is 6.25. The van der Waals surface area contributed by atoms with E-state index in [-0.39, 0.29) is 25.5 Å². The molecule has 0 aliphatic rings. The maximum absolute atomic E-state index is 11.9. The van der Waals surface area contributed by atoms with Crippen molar-refractivity contribution in [2.75, 3.05) is 13.2 Å². The van der Waals surface area contributed by atoms with Gasteiger partial charge in [-0.1, -0.05) is 41.9 Å². The van der Waals surface area contributed by atoms with Crippen molar-refractivity contribution >= 4 is 17.5 Å². The molecule has 0 spiro atoms. The lowest BCUT2D eigenvalue weighted by Crippen LogP contribution is -2.31. The van der Waals surface area contributed by atoms with Gasteiger partial charge in [-0.2, -0.15) is 0 Å². The van der Waals surface area contributed by atoms with E-state index < -0.39 is 6.04 Å². The number of halogens is 1. The topological polar surface area (TPSA) is 58.6 Å². The van der Waals surface area contributed by atoms with Crippen LogP contribution in [0.25, 0.3) is 0 Å². The van der Waals surface area contributed by atoms with Crippen molar-refractivity contribution in [3.8, 4) is 5.75 Å². The van der Waals surface area contributed by atoms with Gasteiger partial charge in [0.1, 0.15) is 5.75 Å². The van der Waals surface area contributed by atoms with Crippen molar-refractivity contribution < 1.29 is 14.6 Å². The summed E-state index contributed by atoms with van der Waals surface area (Å²) in [6.07, 6.45) is 0.214. The third-order valence-corrected chi connectivity index (χ3v) is 3.38. The zero-order valence-corrected chi connectivity index (χ0v) is 12.8. The van der Waals surface area contributed by atoms with Gasteiger partial charge in [0.25, 0.3) is 0 Å². The Morgan fingerprint density at radius 2 is 1.82 bits per heavy atom. The summed E-state index contributed by atoms with van der Waals surface area (Å²) in [5, 5.41) is 12.8. The highest BCUT2D eigenvalue weighted by molar-refractivity contribution is 6.30. The summed E-state index contributed by atoms with van der Waals surface area (Å²) in [5.74, 6) is 0.496. The van der Waals surface area contributed by atoms with Crippen molar-refractivity contribution in [1.82, 2.24) is 5.32 Å². The van der Waals surface area contributed by atoms with Crippen molar-refractivity contribution in [3.05, 3.63) is 65.2 Å². The number of carbonyl (C=O) groups is 1. The monoisotopic (exact) mass is 319 g/mol. The van der Waals surface area contributed by atoms with Crippen molar-refractivity contribution in [3.63, 3.8) is 0 Å². The van der Waals surface area contributed by atoms with E-state index in [2.05, 4.69) is 5.32 Å². The highest BCUT2D eigenvalue weighted by Crippen LogP contribution is 2.16. The smallest absolute Gasteiger partial charge is 0.223 e. The maximum Gasteiger partial charge on any atom is 0.223 e. The minimum absolute atomic E-state index is 0.145. The molecule has 2 aromatic rings. The molecule has 2 rings (SSSR count). The normalized spacial score (nSPS) is 11.7. The molecule has 0 saturated heterocycles. The molecule has 1 atom stereocenters. The average molecular weight is 320 g/mol. The molecular formula is C17H18ClNO3. The summed E-state index contributed by atoms with van der Waals surface area (Å²) < 4.78 is 5.47. The molecule has 0 aliphatic heterocycles. The molecule has 0 aromatic heterocycles. The van der Waals surface area contributed by atoms with Gasteiger partial charge in [-0.3, -0.25) is 4.79 Å². The van der Waals surface area contributed by atoms with Crippen molar-refractivity contribution in [2.45, 2.75) is 12.5 Å². The molecule has 4 nitrogen and oxygen atoms in total. The van der Waals surface area contributed by atoms with E-state index in [0.717, 1.165) is 5.56 Å². The van der Waals surface area contributed by atoms with Crippen LogP contribution in [-0.2, 0) is 4.79 Å². The molecule has 0 bridgehead atoms. The number of ether oxygens (including phenoxy) is 1. The molecule has 2 N–H and O–H groups in total.